The molecule has 110 valence electrons. The van der Waals surface area contributed by atoms with E-state index in [1.165, 1.54) is 13.2 Å². The van der Waals surface area contributed by atoms with Crippen molar-refractivity contribution in [3.05, 3.63) is 23.8 Å². The van der Waals surface area contributed by atoms with Gasteiger partial charge in [0.2, 0.25) is 0 Å². The standard InChI is InChI=1S/C15H22N2O3/c1-15(10-16)5-7-17(8-6-15)14(19)12-9-11(20-2)3-4-13(12)18/h3-4,9,18H,5-8,10,16H2,1-2H3. The summed E-state index contributed by atoms with van der Waals surface area (Å²) in [5.74, 6) is 0.401. The molecule has 0 unspecified atom stereocenters. The maximum atomic E-state index is 12.5. The van der Waals surface area contributed by atoms with Gasteiger partial charge in [-0.2, -0.15) is 0 Å². The number of piperidine rings is 1. The van der Waals surface area contributed by atoms with Crippen molar-refractivity contribution in [3.8, 4) is 11.5 Å². The average Bonchev–Trinajstić information content (AvgIpc) is 2.48. The van der Waals surface area contributed by atoms with E-state index >= 15 is 0 Å². The normalized spacial score (nSPS) is 17.9. The fourth-order valence-corrected chi connectivity index (χ4v) is 2.44. The van der Waals surface area contributed by atoms with E-state index in [2.05, 4.69) is 6.92 Å². The largest absolute Gasteiger partial charge is 0.507 e. The Hall–Kier alpha value is -1.75. The maximum Gasteiger partial charge on any atom is 0.257 e. The van der Waals surface area contributed by atoms with E-state index in [0.717, 1.165) is 12.8 Å². The Morgan fingerprint density at radius 2 is 2.10 bits per heavy atom. The van der Waals surface area contributed by atoms with Crippen molar-refractivity contribution >= 4 is 5.91 Å². The summed E-state index contributed by atoms with van der Waals surface area (Å²) in [4.78, 5) is 14.2. The van der Waals surface area contributed by atoms with Gasteiger partial charge in [-0.05, 0) is 43.0 Å². The van der Waals surface area contributed by atoms with Crippen molar-refractivity contribution in [3.63, 3.8) is 0 Å². The van der Waals surface area contributed by atoms with Crippen LogP contribution in [0.25, 0.3) is 0 Å². The predicted octanol–water partition coefficient (Wildman–Crippen LogP) is 1.60. The molecule has 2 rings (SSSR count). The first-order valence-corrected chi connectivity index (χ1v) is 6.85. The Bertz CT molecular complexity index is 494. The summed E-state index contributed by atoms with van der Waals surface area (Å²) in [6, 6.07) is 4.70. The Labute approximate surface area is 119 Å². The Kier molecular flexibility index (Phi) is 4.18. The third-order valence-corrected chi connectivity index (χ3v) is 4.18. The van der Waals surface area contributed by atoms with Crippen LogP contribution in [0.4, 0.5) is 0 Å². The van der Waals surface area contributed by atoms with Crippen molar-refractivity contribution < 1.29 is 14.6 Å². The van der Waals surface area contributed by atoms with Crippen LogP contribution >= 0.6 is 0 Å². The molecule has 1 saturated heterocycles. The molecule has 1 aromatic carbocycles. The summed E-state index contributed by atoms with van der Waals surface area (Å²) in [7, 11) is 1.54. The SMILES string of the molecule is COc1ccc(O)c(C(=O)N2CCC(C)(CN)CC2)c1. The van der Waals surface area contributed by atoms with Crippen LogP contribution in [0.1, 0.15) is 30.1 Å². The molecule has 1 fully saturated rings. The first-order chi connectivity index (χ1) is 9.49. The molecule has 0 spiro atoms. The molecular weight excluding hydrogens is 256 g/mol. The van der Waals surface area contributed by atoms with E-state index < -0.39 is 0 Å². The lowest BCUT2D eigenvalue weighted by Gasteiger charge is -2.38. The maximum absolute atomic E-state index is 12.5. The third kappa shape index (κ3) is 2.88. The van der Waals surface area contributed by atoms with Crippen LogP contribution in [-0.2, 0) is 0 Å². The number of phenols is 1. The molecule has 0 bridgehead atoms. The van der Waals surface area contributed by atoms with E-state index in [4.69, 9.17) is 10.5 Å². The fourth-order valence-electron chi connectivity index (χ4n) is 2.44. The summed E-state index contributed by atoms with van der Waals surface area (Å²) in [6.45, 7) is 4.13. The molecule has 1 aromatic rings. The van der Waals surface area contributed by atoms with Gasteiger partial charge in [0.15, 0.2) is 0 Å². The van der Waals surface area contributed by atoms with Gasteiger partial charge in [-0.1, -0.05) is 6.92 Å². The molecule has 20 heavy (non-hydrogen) atoms. The van der Waals surface area contributed by atoms with Gasteiger partial charge >= 0.3 is 0 Å². The topological polar surface area (TPSA) is 75.8 Å². The number of aromatic hydroxyl groups is 1. The van der Waals surface area contributed by atoms with E-state index in [1.54, 1.807) is 17.0 Å². The molecule has 5 nitrogen and oxygen atoms in total. The van der Waals surface area contributed by atoms with Gasteiger partial charge < -0.3 is 20.5 Å². The number of methoxy groups -OCH3 is 1. The molecule has 5 heteroatoms. The zero-order chi connectivity index (χ0) is 14.8. The molecule has 1 aliphatic heterocycles. The lowest BCUT2D eigenvalue weighted by Crippen LogP contribution is -2.44. The van der Waals surface area contributed by atoms with Crippen molar-refractivity contribution in [2.24, 2.45) is 11.1 Å². The number of phenolic OH excluding ortho intramolecular Hbond substituents is 1. The molecule has 0 saturated carbocycles. The van der Waals surface area contributed by atoms with Gasteiger partial charge in [0.1, 0.15) is 11.5 Å². The van der Waals surface area contributed by atoms with Gasteiger partial charge in [-0.15, -0.1) is 0 Å². The van der Waals surface area contributed by atoms with Crippen LogP contribution < -0.4 is 10.5 Å². The molecular formula is C15H22N2O3. The quantitative estimate of drug-likeness (QED) is 0.880. The van der Waals surface area contributed by atoms with Crippen LogP contribution in [0.15, 0.2) is 18.2 Å². The van der Waals surface area contributed by atoms with E-state index in [0.29, 0.717) is 30.9 Å². The van der Waals surface area contributed by atoms with Crippen LogP contribution in [0.2, 0.25) is 0 Å². The van der Waals surface area contributed by atoms with E-state index in [-0.39, 0.29) is 17.1 Å². The molecule has 3 N–H and O–H groups in total. The van der Waals surface area contributed by atoms with Gasteiger partial charge in [-0.25, -0.2) is 0 Å². The second-order valence-corrected chi connectivity index (χ2v) is 5.69. The molecule has 0 aromatic heterocycles. The van der Waals surface area contributed by atoms with Crippen LogP contribution in [0.3, 0.4) is 0 Å². The van der Waals surface area contributed by atoms with Gasteiger partial charge in [0.25, 0.3) is 5.91 Å². The average molecular weight is 278 g/mol. The summed E-state index contributed by atoms with van der Waals surface area (Å²) in [5, 5.41) is 9.86. The number of amides is 1. The summed E-state index contributed by atoms with van der Waals surface area (Å²) < 4.78 is 5.10. The van der Waals surface area contributed by atoms with Crippen LogP contribution in [-0.4, -0.2) is 42.7 Å². The molecule has 0 aliphatic carbocycles. The number of nitrogens with two attached hydrogens (primary N) is 1. The molecule has 1 aliphatic rings. The van der Waals surface area contributed by atoms with Crippen LogP contribution in [0.5, 0.6) is 11.5 Å². The van der Waals surface area contributed by atoms with Gasteiger partial charge in [-0.3, -0.25) is 4.79 Å². The number of rotatable bonds is 3. The lowest BCUT2D eigenvalue weighted by molar-refractivity contribution is 0.0614. The van der Waals surface area contributed by atoms with E-state index in [1.807, 2.05) is 0 Å². The second-order valence-electron chi connectivity index (χ2n) is 5.69. The highest BCUT2D eigenvalue weighted by Crippen LogP contribution is 2.31. The number of carbonyl (C=O) groups excluding carboxylic acids is 1. The highest BCUT2D eigenvalue weighted by molar-refractivity contribution is 5.97. The minimum atomic E-state index is -0.152. The first kappa shape index (κ1) is 14.7. The first-order valence-electron chi connectivity index (χ1n) is 6.85. The van der Waals surface area contributed by atoms with Gasteiger partial charge in [0.05, 0.1) is 12.7 Å². The lowest BCUT2D eigenvalue weighted by atomic mass is 9.80. The second kappa shape index (κ2) is 5.71. The number of hydrogen-bond acceptors (Lipinski definition) is 4. The Morgan fingerprint density at radius 1 is 1.45 bits per heavy atom. The molecule has 1 heterocycles. The number of carbonyl (C=O) groups is 1. The Morgan fingerprint density at radius 3 is 2.65 bits per heavy atom. The van der Waals surface area contributed by atoms with Crippen molar-refractivity contribution in [2.75, 3.05) is 26.7 Å². The van der Waals surface area contributed by atoms with E-state index in [9.17, 15) is 9.90 Å². The summed E-state index contributed by atoms with van der Waals surface area (Å²) >= 11 is 0. The van der Waals surface area contributed by atoms with Crippen molar-refractivity contribution in [2.45, 2.75) is 19.8 Å². The third-order valence-electron chi connectivity index (χ3n) is 4.18. The predicted molar refractivity (Wildman–Crippen MR) is 77.0 cm³/mol. The van der Waals surface area contributed by atoms with Gasteiger partial charge in [0, 0.05) is 13.1 Å². The van der Waals surface area contributed by atoms with Crippen molar-refractivity contribution in [1.82, 2.24) is 4.90 Å². The summed E-state index contributed by atoms with van der Waals surface area (Å²) in [6.07, 6.45) is 1.78. The monoisotopic (exact) mass is 278 g/mol. The number of hydrogen-bond donors (Lipinski definition) is 2. The number of benzene rings is 1. The number of ether oxygens (including phenoxy) is 1. The fraction of sp³-hybridized carbons (Fsp3) is 0.533. The van der Waals surface area contributed by atoms with Crippen molar-refractivity contribution in [1.29, 1.82) is 0 Å². The zero-order valence-corrected chi connectivity index (χ0v) is 12.1. The smallest absolute Gasteiger partial charge is 0.257 e. The minimum Gasteiger partial charge on any atom is -0.507 e. The molecule has 0 radical (unpaired) electrons. The molecule has 0 atom stereocenters. The minimum absolute atomic E-state index is 0.0111. The number of nitrogens with zero attached hydrogens (tertiary/aromatic N) is 1. The highest BCUT2D eigenvalue weighted by atomic mass is 16.5. The summed E-state index contributed by atoms with van der Waals surface area (Å²) in [5.41, 5.74) is 6.18. The highest BCUT2D eigenvalue weighted by Gasteiger charge is 2.31. The number of likely N-dealkylation sites (tertiary alicyclic amines) is 1. The molecule has 1 amide bonds. The Balaban J connectivity index is 2.13. The van der Waals surface area contributed by atoms with Crippen LogP contribution in [0, 0.1) is 5.41 Å². The zero-order valence-electron chi connectivity index (χ0n) is 12.1.